The fourth-order valence-corrected chi connectivity index (χ4v) is 3.61. The maximum absolute atomic E-state index is 11.8. The molecule has 0 aliphatic carbocycles. The number of fused-ring (bicyclic) bond motifs is 1. The first-order chi connectivity index (χ1) is 12.7. The van der Waals surface area contributed by atoms with Crippen LogP contribution in [0.3, 0.4) is 0 Å². The Morgan fingerprint density at radius 1 is 1.12 bits per heavy atom. The lowest BCUT2D eigenvalue weighted by atomic mass is 10.1. The minimum atomic E-state index is -0.303. The molecule has 0 bridgehead atoms. The second kappa shape index (κ2) is 8.72. The zero-order valence-electron chi connectivity index (χ0n) is 15.1. The lowest BCUT2D eigenvalue weighted by molar-refractivity contribution is 0.108. The van der Waals surface area contributed by atoms with Crippen LogP contribution in [0.2, 0.25) is 0 Å². The average Bonchev–Trinajstić information content (AvgIpc) is 3.19. The highest BCUT2D eigenvalue weighted by Gasteiger charge is 2.19. The van der Waals surface area contributed by atoms with Crippen LogP contribution in [0.4, 0.5) is 4.79 Å². The molecule has 136 valence electrons. The first kappa shape index (κ1) is 18.3. The van der Waals surface area contributed by atoms with Crippen LogP contribution in [-0.4, -0.2) is 31.2 Å². The van der Waals surface area contributed by atoms with Gasteiger partial charge in [0, 0.05) is 30.3 Å². The molecular weight excluding hydrogens is 346 g/mol. The van der Waals surface area contributed by atoms with Crippen LogP contribution < -0.4 is 4.74 Å². The summed E-state index contributed by atoms with van der Waals surface area (Å²) < 4.78 is 11.4. The van der Waals surface area contributed by atoms with Crippen molar-refractivity contribution >= 4 is 28.2 Å². The Hall–Kier alpha value is -2.53. The van der Waals surface area contributed by atoms with Gasteiger partial charge in [-0.3, -0.25) is 0 Å². The molecular formula is C21H23NO3S. The van der Waals surface area contributed by atoms with Gasteiger partial charge in [0.1, 0.15) is 11.9 Å². The van der Waals surface area contributed by atoms with Crippen molar-refractivity contribution < 1.29 is 14.3 Å². The number of ether oxygens (including phenoxy) is 2. The monoisotopic (exact) mass is 369 g/mol. The number of benzene rings is 2. The molecule has 0 N–H and O–H groups in total. The predicted octanol–water partition coefficient (Wildman–Crippen LogP) is 5.50. The number of rotatable bonds is 7. The van der Waals surface area contributed by atoms with Gasteiger partial charge in [0.05, 0.1) is 6.61 Å². The van der Waals surface area contributed by atoms with Gasteiger partial charge in [0.15, 0.2) is 0 Å². The second-order valence-electron chi connectivity index (χ2n) is 6.01. The summed E-state index contributed by atoms with van der Waals surface area (Å²) in [5.41, 5.74) is 0. The molecule has 0 saturated heterocycles. The van der Waals surface area contributed by atoms with E-state index in [2.05, 4.69) is 24.3 Å². The van der Waals surface area contributed by atoms with E-state index >= 15 is 0 Å². The van der Waals surface area contributed by atoms with Gasteiger partial charge in [-0.25, -0.2) is 4.79 Å². The fourth-order valence-electron chi connectivity index (χ4n) is 2.82. The molecule has 0 spiro atoms. The smallest absolute Gasteiger partial charge is 0.409 e. The van der Waals surface area contributed by atoms with E-state index in [1.165, 1.54) is 0 Å². The maximum Gasteiger partial charge on any atom is 0.409 e. The van der Waals surface area contributed by atoms with Crippen LogP contribution in [0, 0.1) is 0 Å². The van der Waals surface area contributed by atoms with E-state index in [0.717, 1.165) is 21.4 Å². The summed E-state index contributed by atoms with van der Waals surface area (Å²) >= 11 is 1.67. The van der Waals surface area contributed by atoms with Crippen molar-refractivity contribution in [2.45, 2.75) is 19.4 Å². The predicted molar refractivity (Wildman–Crippen MR) is 106 cm³/mol. The summed E-state index contributed by atoms with van der Waals surface area (Å²) in [4.78, 5) is 14.6. The van der Waals surface area contributed by atoms with Crippen LogP contribution in [0.25, 0.3) is 10.8 Å². The van der Waals surface area contributed by atoms with Gasteiger partial charge in [-0.2, -0.15) is 0 Å². The number of carbonyl (C=O) groups is 1. The van der Waals surface area contributed by atoms with Crippen LogP contribution in [0.1, 0.15) is 24.3 Å². The molecule has 3 aromatic rings. The highest BCUT2D eigenvalue weighted by Crippen LogP contribution is 2.32. The topological polar surface area (TPSA) is 38.8 Å². The molecule has 4 nitrogen and oxygen atoms in total. The second-order valence-corrected chi connectivity index (χ2v) is 6.99. The third kappa shape index (κ3) is 4.35. The maximum atomic E-state index is 11.8. The van der Waals surface area contributed by atoms with Crippen molar-refractivity contribution in [3.05, 3.63) is 64.9 Å². The molecule has 0 aliphatic rings. The van der Waals surface area contributed by atoms with Crippen LogP contribution >= 0.6 is 11.3 Å². The molecule has 5 heteroatoms. The Morgan fingerprint density at radius 3 is 2.69 bits per heavy atom. The number of hydrogen-bond acceptors (Lipinski definition) is 4. The van der Waals surface area contributed by atoms with Crippen LogP contribution in [-0.2, 0) is 4.74 Å². The van der Waals surface area contributed by atoms with Crippen molar-refractivity contribution in [3.8, 4) is 5.75 Å². The van der Waals surface area contributed by atoms with E-state index in [1.54, 1.807) is 23.3 Å². The summed E-state index contributed by atoms with van der Waals surface area (Å²) in [5.74, 6) is 0.861. The summed E-state index contributed by atoms with van der Waals surface area (Å²) in [5, 5.41) is 4.29. The summed E-state index contributed by atoms with van der Waals surface area (Å²) in [7, 11) is 1.75. The van der Waals surface area contributed by atoms with E-state index in [9.17, 15) is 4.79 Å². The minimum absolute atomic E-state index is 0.113. The fraction of sp³-hybridized carbons (Fsp3) is 0.286. The molecule has 3 rings (SSSR count). The highest BCUT2D eigenvalue weighted by molar-refractivity contribution is 7.10. The highest BCUT2D eigenvalue weighted by atomic mass is 32.1. The largest absolute Gasteiger partial charge is 0.484 e. The summed E-state index contributed by atoms with van der Waals surface area (Å²) in [6, 6.07) is 18.4. The third-order valence-corrected chi connectivity index (χ3v) is 5.15. The molecule has 1 atom stereocenters. The van der Waals surface area contributed by atoms with E-state index in [0.29, 0.717) is 19.6 Å². The normalized spacial score (nSPS) is 11.9. The molecule has 0 saturated carbocycles. The lowest BCUT2D eigenvalue weighted by Crippen LogP contribution is -2.29. The van der Waals surface area contributed by atoms with Gasteiger partial charge in [-0.15, -0.1) is 11.3 Å². The number of amides is 1. The average molecular weight is 369 g/mol. The lowest BCUT2D eigenvalue weighted by Gasteiger charge is -2.22. The van der Waals surface area contributed by atoms with Gasteiger partial charge in [-0.05, 0) is 29.8 Å². The molecule has 1 amide bonds. The van der Waals surface area contributed by atoms with Gasteiger partial charge >= 0.3 is 6.09 Å². The van der Waals surface area contributed by atoms with Crippen LogP contribution in [0.5, 0.6) is 5.75 Å². The van der Waals surface area contributed by atoms with Crippen molar-refractivity contribution in [2.24, 2.45) is 0 Å². The Balaban J connectivity index is 1.78. The van der Waals surface area contributed by atoms with Crippen molar-refractivity contribution in [2.75, 3.05) is 20.2 Å². The number of carbonyl (C=O) groups excluding carboxylic acids is 1. The van der Waals surface area contributed by atoms with E-state index < -0.39 is 0 Å². The SMILES string of the molecule is CCOC(=O)N(C)CC[C@H](Oc1cccc2ccccc12)c1cccs1. The Labute approximate surface area is 158 Å². The molecule has 1 aromatic heterocycles. The van der Waals surface area contributed by atoms with Crippen molar-refractivity contribution in [3.63, 3.8) is 0 Å². The Bertz CT molecular complexity index is 842. The summed E-state index contributed by atoms with van der Waals surface area (Å²) in [6.45, 7) is 2.75. The zero-order valence-corrected chi connectivity index (χ0v) is 15.9. The van der Waals surface area contributed by atoms with E-state index in [1.807, 2.05) is 42.6 Å². The third-order valence-electron chi connectivity index (χ3n) is 4.19. The Morgan fingerprint density at radius 2 is 1.92 bits per heavy atom. The standard InChI is InChI=1S/C21H23NO3S/c1-3-24-21(23)22(2)14-13-19(20-12-7-15-26-20)25-18-11-6-9-16-8-4-5-10-17(16)18/h4-12,15,19H,3,13-14H2,1-2H3/t19-/m0/s1. The zero-order chi connectivity index (χ0) is 18.4. The van der Waals surface area contributed by atoms with Gasteiger partial charge in [0.2, 0.25) is 0 Å². The quantitative estimate of drug-likeness (QED) is 0.552. The molecule has 2 aromatic carbocycles. The minimum Gasteiger partial charge on any atom is -0.484 e. The molecule has 0 radical (unpaired) electrons. The molecule has 0 aliphatic heterocycles. The number of nitrogens with zero attached hydrogens (tertiary/aromatic N) is 1. The van der Waals surface area contributed by atoms with Gasteiger partial charge < -0.3 is 14.4 Å². The van der Waals surface area contributed by atoms with Gasteiger partial charge in [0.25, 0.3) is 0 Å². The molecule has 0 fully saturated rings. The molecule has 26 heavy (non-hydrogen) atoms. The van der Waals surface area contributed by atoms with E-state index in [4.69, 9.17) is 9.47 Å². The van der Waals surface area contributed by atoms with Crippen molar-refractivity contribution in [1.82, 2.24) is 4.90 Å². The first-order valence-corrected chi connectivity index (χ1v) is 9.62. The Kier molecular flexibility index (Phi) is 6.12. The van der Waals surface area contributed by atoms with E-state index in [-0.39, 0.29) is 12.2 Å². The van der Waals surface area contributed by atoms with Gasteiger partial charge in [-0.1, -0.05) is 42.5 Å². The van der Waals surface area contributed by atoms with Crippen molar-refractivity contribution in [1.29, 1.82) is 0 Å². The van der Waals surface area contributed by atoms with Crippen LogP contribution in [0.15, 0.2) is 60.0 Å². The summed E-state index contributed by atoms with van der Waals surface area (Å²) in [6.07, 6.45) is 0.277. The molecule has 0 unspecified atom stereocenters. The number of hydrogen-bond donors (Lipinski definition) is 0. The first-order valence-electron chi connectivity index (χ1n) is 8.74. The molecule has 1 heterocycles. The number of thiophene rings is 1.